The highest BCUT2D eigenvalue weighted by atomic mass is 32.2. The van der Waals surface area contributed by atoms with Gasteiger partial charge in [-0.3, -0.25) is 4.99 Å². The molecule has 0 aromatic heterocycles. The van der Waals surface area contributed by atoms with Crippen molar-refractivity contribution in [1.29, 1.82) is 0 Å². The number of hydrogen-bond donors (Lipinski definition) is 0. The molecular weight excluding hydrogens is 252 g/mol. The van der Waals surface area contributed by atoms with Crippen LogP contribution in [0.3, 0.4) is 0 Å². The zero-order valence-electron chi connectivity index (χ0n) is 12.9. The standard InChI is InChI=1S/C16H28N2S/c1-13-7-9-14(10-8-13)16(2,3)17-15(19-4)18-11-5-6-12-18/h7,14H,5-6,8-12H2,1-4H3/t14-/m0/s1. The zero-order valence-corrected chi connectivity index (χ0v) is 13.7. The largest absolute Gasteiger partial charge is 0.351 e. The molecule has 1 heterocycles. The summed E-state index contributed by atoms with van der Waals surface area (Å²) in [6, 6.07) is 0. The summed E-state index contributed by atoms with van der Waals surface area (Å²) in [6.45, 7) is 9.28. The van der Waals surface area contributed by atoms with Gasteiger partial charge in [0.15, 0.2) is 5.17 Å². The predicted molar refractivity (Wildman–Crippen MR) is 86.9 cm³/mol. The van der Waals surface area contributed by atoms with Crippen LogP contribution in [0.15, 0.2) is 16.6 Å². The molecule has 0 aromatic rings. The Kier molecular flexibility index (Phi) is 4.99. The average Bonchev–Trinajstić information content (AvgIpc) is 2.90. The SMILES string of the molecule is CSC(=NC(C)(C)[C@H]1CC=C(C)CC1)N1CCCC1. The van der Waals surface area contributed by atoms with Gasteiger partial charge in [-0.15, -0.1) is 0 Å². The van der Waals surface area contributed by atoms with E-state index in [9.17, 15) is 0 Å². The van der Waals surface area contributed by atoms with Crippen LogP contribution in [0.4, 0.5) is 0 Å². The van der Waals surface area contributed by atoms with Crippen LogP contribution in [-0.4, -0.2) is 35.0 Å². The molecule has 1 aliphatic carbocycles. The highest BCUT2D eigenvalue weighted by molar-refractivity contribution is 8.13. The Labute approximate surface area is 122 Å². The highest BCUT2D eigenvalue weighted by Gasteiger charge is 2.31. The molecule has 0 N–H and O–H groups in total. The molecule has 0 saturated carbocycles. The van der Waals surface area contributed by atoms with Gasteiger partial charge in [0.2, 0.25) is 0 Å². The van der Waals surface area contributed by atoms with Crippen molar-refractivity contribution in [1.82, 2.24) is 4.90 Å². The van der Waals surface area contributed by atoms with Gasteiger partial charge in [-0.05, 0) is 65.0 Å². The number of thioether (sulfide) groups is 1. The van der Waals surface area contributed by atoms with Crippen LogP contribution >= 0.6 is 11.8 Å². The molecule has 0 aromatic carbocycles. The van der Waals surface area contributed by atoms with Gasteiger partial charge in [-0.25, -0.2) is 0 Å². The summed E-state index contributed by atoms with van der Waals surface area (Å²) in [6.07, 6.45) is 11.0. The second kappa shape index (κ2) is 6.34. The van der Waals surface area contributed by atoms with Gasteiger partial charge in [0.05, 0.1) is 5.54 Å². The van der Waals surface area contributed by atoms with Gasteiger partial charge >= 0.3 is 0 Å². The minimum Gasteiger partial charge on any atom is -0.351 e. The van der Waals surface area contributed by atoms with Crippen LogP contribution in [0.5, 0.6) is 0 Å². The first-order valence-corrected chi connectivity index (χ1v) is 8.80. The molecule has 3 heteroatoms. The Morgan fingerprint density at radius 3 is 2.58 bits per heavy atom. The molecule has 1 aliphatic heterocycles. The fraction of sp³-hybridized carbons (Fsp3) is 0.812. The Morgan fingerprint density at radius 2 is 2.05 bits per heavy atom. The number of rotatable bonds is 2. The van der Waals surface area contributed by atoms with E-state index in [0.29, 0.717) is 5.92 Å². The van der Waals surface area contributed by atoms with E-state index < -0.39 is 0 Å². The topological polar surface area (TPSA) is 15.6 Å². The quantitative estimate of drug-likeness (QED) is 0.425. The molecule has 0 radical (unpaired) electrons. The zero-order chi connectivity index (χ0) is 13.9. The van der Waals surface area contributed by atoms with E-state index in [-0.39, 0.29) is 5.54 Å². The normalized spacial score (nSPS) is 25.7. The highest BCUT2D eigenvalue weighted by Crippen LogP contribution is 2.35. The second-order valence-electron chi connectivity index (χ2n) is 6.47. The van der Waals surface area contributed by atoms with Crippen molar-refractivity contribution < 1.29 is 0 Å². The average molecular weight is 280 g/mol. The summed E-state index contributed by atoms with van der Waals surface area (Å²) in [5.41, 5.74) is 1.62. The number of hydrogen-bond acceptors (Lipinski definition) is 2. The minimum absolute atomic E-state index is 0.0676. The van der Waals surface area contributed by atoms with Crippen LogP contribution in [-0.2, 0) is 0 Å². The lowest BCUT2D eigenvalue weighted by Crippen LogP contribution is -2.35. The first kappa shape index (κ1) is 15.0. The van der Waals surface area contributed by atoms with Crippen molar-refractivity contribution in [3.05, 3.63) is 11.6 Å². The molecule has 1 saturated heterocycles. The predicted octanol–water partition coefficient (Wildman–Crippen LogP) is 4.33. The maximum Gasteiger partial charge on any atom is 0.159 e. The Hall–Kier alpha value is -0.440. The number of likely N-dealkylation sites (tertiary alicyclic amines) is 1. The van der Waals surface area contributed by atoms with Gasteiger partial charge in [-0.1, -0.05) is 23.4 Å². The van der Waals surface area contributed by atoms with Crippen molar-refractivity contribution in [3.63, 3.8) is 0 Å². The van der Waals surface area contributed by atoms with Crippen LogP contribution in [0.25, 0.3) is 0 Å². The van der Waals surface area contributed by atoms with E-state index in [4.69, 9.17) is 4.99 Å². The molecular formula is C16H28N2S. The third-order valence-corrected chi connectivity index (χ3v) is 5.29. The van der Waals surface area contributed by atoms with E-state index in [1.54, 1.807) is 5.57 Å². The summed E-state index contributed by atoms with van der Waals surface area (Å²) >= 11 is 1.82. The number of aliphatic imine (C=N–C) groups is 1. The molecule has 2 nitrogen and oxygen atoms in total. The molecule has 2 aliphatic rings. The minimum atomic E-state index is 0.0676. The molecule has 1 atom stereocenters. The van der Waals surface area contributed by atoms with Crippen LogP contribution in [0.1, 0.15) is 52.9 Å². The molecule has 1 fully saturated rings. The Morgan fingerprint density at radius 1 is 1.37 bits per heavy atom. The van der Waals surface area contributed by atoms with Crippen molar-refractivity contribution in [3.8, 4) is 0 Å². The molecule has 108 valence electrons. The van der Waals surface area contributed by atoms with Gasteiger partial charge in [-0.2, -0.15) is 0 Å². The smallest absolute Gasteiger partial charge is 0.159 e. The molecule has 0 unspecified atom stereocenters. The summed E-state index contributed by atoms with van der Waals surface area (Å²) in [5.74, 6) is 0.695. The molecule has 0 bridgehead atoms. The summed E-state index contributed by atoms with van der Waals surface area (Å²) in [4.78, 5) is 7.60. The van der Waals surface area contributed by atoms with E-state index >= 15 is 0 Å². The molecule has 2 rings (SSSR count). The van der Waals surface area contributed by atoms with Crippen molar-refractivity contribution in [2.24, 2.45) is 10.9 Å². The second-order valence-corrected chi connectivity index (χ2v) is 7.24. The Balaban J connectivity index is 2.09. The summed E-state index contributed by atoms with van der Waals surface area (Å²) < 4.78 is 0. The van der Waals surface area contributed by atoms with Crippen molar-refractivity contribution >= 4 is 16.9 Å². The van der Waals surface area contributed by atoms with Crippen LogP contribution < -0.4 is 0 Å². The van der Waals surface area contributed by atoms with E-state index in [0.717, 1.165) is 0 Å². The number of nitrogens with zero attached hydrogens (tertiary/aromatic N) is 2. The van der Waals surface area contributed by atoms with E-state index in [1.807, 2.05) is 11.8 Å². The fourth-order valence-corrected chi connectivity index (χ4v) is 3.87. The first-order valence-electron chi connectivity index (χ1n) is 7.57. The maximum atomic E-state index is 5.13. The van der Waals surface area contributed by atoms with Crippen LogP contribution in [0.2, 0.25) is 0 Å². The van der Waals surface area contributed by atoms with Crippen LogP contribution in [0, 0.1) is 5.92 Å². The third-order valence-electron chi connectivity index (χ3n) is 4.58. The Bertz CT molecular complexity index is 365. The third kappa shape index (κ3) is 3.77. The summed E-state index contributed by atoms with van der Waals surface area (Å²) in [5, 5.41) is 1.26. The monoisotopic (exact) mass is 280 g/mol. The van der Waals surface area contributed by atoms with E-state index in [1.165, 1.54) is 50.4 Å². The lowest BCUT2D eigenvalue weighted by atomic mass is 9.78. The maximum absolute atomic E-state index is 5.13. The van der Waals surface area contributed by atoms with Crippen molar-refractivity contribution in [2.75, 3.05) is 19.3 Å². The lowest BCUT2D eigenvalue weighted by molar-refractivity contribution is 0.294. The summed E-state index contributed by atoms with van der Waals surface area (Å²) in [7, 11) is 0. The van der Waals surface area contributed by atoms with Gasteiger partial charge in [0.1, 0.15) is 0 Å². The van der Waals surface area contributed by atoms with Crippen molar-refractivity contribution in [2.45, 2.75) is 58.4 Å². The molecule has 0 amide bonds. The van der Waals surface area contributed by atoms with Gasteiger partial charge < -0.3 is 4.90 Å². The van der Waals surface area contributed by atoms with Gasteiger partial charge in [0.25, 0.3) is 0 Å². The molecule has 0 spiro atoms. The fourth-order valence-electron chi connectivity index (χ4n) is 3.10. The van der Waals surface area contributed by atoms with Gasteiger partial charge in [0, 0.05) is 13.1 Å². The molecule has 19 heavy (non-hydrogen) atoms. The lowest BCUT2D eigenvalue weighted by Gasteiger charge is -2.34. The first-order chi connectivity index (χ1) is 9.03. The number of amidine groups is 1. The number of allylic oxidation sites excluding steroid dienone is 2. The van der Waals surface area contributed by atoms with E-state index in [2.05, 4.69) is 38.0 Å².